The Labute approximate surface area is 84.4 Å². The number of rotatable bonds is 5. The predicted molar refractivity (Wildman–Crippen MR) is 56.0 cm³/mol. The minimum absolute atomic E-state index is 0.0757. The van der Waals surface area contributed by atoms with Crippen molar-refractivity contribution < 1.29 is 5.11 Å². The zero-order valence-corrected chi connectivity index (χ0v) is 8.70. The molecule has 0 saturated carbocycles. The van der Waals surface area contributed by atoms with Crippen LogP contribution in [0.15, 0.2) is 18.6 Å². The summed E-state index contributed by atoms with van der Waals surface area (Å²) >= 11 is 0. The lowest BCUT2D eigenvalue weighted by Gasteiger charge is -2.23. The van der Waals surface area contributed by atoms with Gasteiger partial charge in [0.05, 0.1) is 6.20 Å². The van der Waals surface area contributed by atoms with Gasteiger partial charge in [0.2, 0.25) is 0 Å². The molecule has 4 nitrogen and oxygen atoms in total. The molecule has 0 spiro atoms. The van der Waals surface area contributed by atoms with E-state index in [9.17, 15) is 0 Å². The first-order valence-electron chi connectivity index (χ1n) is 4.75. The van der Waals surface area contributed by atoms with Gasteiger partial charge >= 0.3 is 0 Å². The van der Waals surface area contributed by atoms with Crippen LogP contribution in [0.2, 0.25) is 0 Å². The van der Waals surface area contributed by atoms with Crippen LogP contribution < -0.4 is 5.32 Å². The van der Waals surface area contributed by atoms with Crippen LogP contribution in [0, 0.1) is 5.41 Å². The van der Waals surface area contributed by atoms with Crippen LogP contribution in [0.4, 0.5) is 5.82 Å². The molecule has 1 heterocycles. The number of hydrogen-bond acceptors (Lipinski definition) is 4. The molecule has 14 heavy (non-hydrogen) atoms. The number of aliphatic hydroxyl groups is 1. The van der Waals surface area contributed by atoms with E-state index in [4.69, 9.17) is 5.11 Å². The van der Waals surface area contributed by atoms with E-state index in [0.29, 0.717) is 0 Å². The Morgan fingerprint density at radius 1 is 1.43 bits per heavy atom. The second-order valence-corrected chi connectivity index (χ2v) is 4.08. The van der Waals surface area contributed by atoms with E-state index in [-0.39, 0.29) is 12.0 Å². The third-order valence-electron chi connectivity index (χ3n) is 2.10. The van der Waals surface area contributed by atoms with Crippen molar-refractivity contribution in [1.29, 1.82) is 0 Å². The van der Waals surface area contributed by atoms with Crippen LogP contribution in [-0.2, 0) is 0 Å². The third-order valence-corrected chi connectivity index (χ3v) is 2.10. The molecular weight excluding hydrogens is 178 g/mol. The van der Waals surface area contributed by atoms with Gasteiger partial charge in [-0.15, -0.1) is 0 Å². The van der Waals surface area contributed by atoms with Crippen molar-refractivity contribution >= 4 is 5.82 Å². The van der Waals surface area contributed by atoms with Gasteiger partial charge in [0.1, 0.15) is 5.82 Å². The molecule has 1 rings (SSSR count). The fourth-order valence-corrected chi connectivity index (χ4v) is 1.11. The Balaban J connectivity index is 2.40. The Kier molecular flexibility index (Phi) is 3.83. The van der Waals surface area contributed by atoms with Gasteiger partial charge in [-0.3, -0.25) is 4.98 Å². The maximum atomic E-state index is 8.84. The topological polar surface area (TPSA) is 58.0 Å². The van der Waals surface area contributed by atoms with Crippen LogP contribution >= 0.6 is 0 Å². The van der Waals surface area contributed by atoms with Crippen LogP contribution in [-0.4, -0.2) is 28.2 Å². The summed E-state index contributed by atoms with van der Waals surface area (Å²) in [5.74, 6) is 0.776. The molecule has 1 aromatic heterocycles. The van der Waals surface area contributed by atoms with E-state index in [1.54, 1.807) is 18.6 Å². The monoisotopic (exact) mass is 195 g/mol. The standard InChI is InChI=1S/C10H17N3O/c1-10(2,3-6-14)8-13-9-7-11-4-5-12-9/h4-5,7,14H,3,6,8H2,1-2H3,(H,12,13). The van der Waals surface area contributed by atoms with Crippen LogP contribution in [0.25, 0.3) is 0 Å². The Bertz CT molecular complexity index is 261. The average Bonchev–Trinajstić information content (AvgIpc) is 2.17. The first-order chi connectivity index (χ1) is 6.64. The van der Waals surface area contributed by atoms with Crippen molar-refractivity contribution in [3.05, 3.63) is 18.6 Å². The highest BCUT2D eigenvalue weighted by atomic mass is 16.3. The van der Waals surface area contributed by atoms with Gasteiger partial charge in [-0.2, -0.15) is 0 Å². The van der Waals surface area contributed by atoms with Gasteiger partial charge in [0.25, 0.3) is 0 Å². The summed E-state index contributed by atoms with van der Waals surface area (Å²) in [6.45, 7) is 5.21. The number of hydrogen-bond donors (Lipinski definition) is 2. The molecule has 0 aliphatic carbocycles. The van der Waals surface area contributed by atoms with Crippen molar-refractivity contribution in [3.63, 3.8) is 0 Å². The molecule has 0 aromatic carbocycles. The Hall–Kier alpha value is -1.16. The maximum absolute atomic E-state index is 8.84. The van der Waals surface area contributed by atoms with Crippen molar-refractivity contribution in [1.82, 2.24) is 9.97 Å². The van der Waals surface area contributed by atoms with E-state index in [0.717, 1.165) is 18.8 Å². The van der Waals surface area contributed by atoms with E-state index < -0.39 is 0 Å². The van der Waals surface area contributed by atoms with Crippen molar-refractivity contribution in [2.24, 2.45) is 5.41 Å². The number of anilines is 1. The summed E-state index contributed by atoms with van der Waals surface area (Å²) in [5.41, 5.74) is 0.0757. The molecule has 0 saturated heterocycles. The second kappa shape index (κ2) is 4.91. The summed E-state index contributed by atoms with van der Waals surface area (Å²) in [6.07, 6.45) is 5.76. The smallest absolute Gasteiger partial charge is 0.144 e. The first-order valence-corrected chi connectivity index (χ1v) is 4.75. The lowest BCUT2D eigenvalue weighted by Crippen LogP contribution is -2.24. The molecule has 1 aromatic rings. The molecule has 0 atom stereocenters. The van der Waals surface area contributed by atoms with E-state index in [1.807, 2.05) is 0 Å². The van der Waals surface area contributed by atoms with Gasteiger partial charge in [-0.25, -0.2) is 4.98 Å². The molecule has 0 fully saturated rings. The molecule has 0 unspecified atom stereocenters. The van der Waals surface area contributed by atoms with Gasteiger partial charge in [0, 0.05) is 25.5 Å². The van der Waals surface area contributed by atoms with Gasteiger partial charge in [-0.1, -0.05) is 13.8 Å². The van der Waals surface area contributed by atoms with Crippen LogP contribution in [0.1, 0.15) is 20.3 Å². The zero-order valence-electron chi connectivity index (χ0n) is 8.70. The zero-order chi connectivity index (χ0) is 10.4. The van der Waals surface area contributed by atoms with Crippen molar-refractivity contribution in [3.8, 4) is 0 Å². The van der Waals surface area contributed by atoms with E-state index >= 15 is 0 Å². The molecule has 0 bridgehead atoms. The van der Waals surface area contributed by atoms with Crippen molar-refractivity contribution in [2.45, 2.75) is 20.3 Å². The lowest BCUT2D eigenvalue weighted by molar-refractivity contribution is 0.220. The lowest BCUT2D eigenvalue weighted by atomic mass is 9.90. The number of aliphatic hydroxyl groups excluding tert-OH is 1. The minimum Gasteiger partial charge on any atom is -0.396 e. The van der Waals surface area contributed by atoms with E-state index in [2.05, 4.69) is 29.1 Å². The van der Waals surface area contributed by atoms with Gasteiger partial charge in [-0.05, 0) is 11.8 Å². The molecule has 0 radical (unpaired) electrons. The number of aromatic nitrogens is 2. The highest BCUT2D eigenvalue weighted by Gasteiger charge is 2.16. The molecule has 2 N–H and O–H groups in total. The summed E-state index contributed by atoms with van der Waals surface area (Å²) < 4.78 is 0. The normalized spacial score (nSPS) is 11.4. The SMILES string of the molecule is CC(C)(CCO)CNc1cnccn1. The molecule has 0 aliphatic rings. The highest BCUT2D eigenvalue weighted by Crippen LogP contribution is 2.19. The molecular formula is C10H17N3O. The molecule has 0 amide bonds. The van der Waals surface area contributed by atoms with Crippen LogP contribution in [0.3, 0.4) is 0 Å². The fraction of sp³-hybridized carbons (Fsp3) is 0.600. The van der Waals surface area contributed by atoms with Gasteiger partial charge in [0.15, 0.2) is 0 Å². The van der Waals surface area contributed by atoms with Gasteiger partial charge < -0.3 is 10.4 Å². The quantitative estimate of drug-likeness (QED) is 0.743. The number of nitrogens with one attached hydrogen (secondary N) is 1. The molecule has 4 heteroatoms. The predicted octanol–water partition coefficient (Wildman–Crippen LogP) is 1.30. The van der Waals surface area contributed by atoms with E-state index in [1.165, 1.54) is 0 Å². The number of nitrogens with zero attached hydrogens (tertiary/aromatic N) is 2. The fourth-order valence-electron chi connectivity index (χ4n) is 1.11. The maximum Gasteiger partial charge on any atom is 0.144 e. The molecule has 78 valence electrons. The Morgan fingerprint density at radius 3 is 2.79 bits per heavy atom. The van der Waals surface area contributed by atoms with Crippen LogP contribution in [0.5, 0.6) is 0 Å². The second-order valence-electron chi connectivity index (χ2n) is 4.08. The summed E-state index contributed by atoms with van der Waals surface area (Å²) in [6, 6.07) is 0. The summed E-state index contributed by atoms with van der Waals surface area (Å²) in [5, 5.41) is 12.0. The minimum atomic E-state index is 0.0757. The highest BCUT2D eigenvalue weighted by molar-refractivity contribution is 5.29. The third kappa shape index (κ3) is 3.70. The largest absolute Gasteiger partial charge is 0.396 e. The Morgan fingerprint density at radius 2 is 2.21 bits per heavy atom. The average molecular weight is 195 g/mol. The first kappa shape index (κ1) is 10.9. The summed E-state index contributed by atoms with van der Waals surface area (Å²) in [7, 11) is 0. The summed E-state index contributed by atoms with van der Waals surface area (Å²) in [4.78, 5) is 8.06. The molecule has 0 aliphatic heterocycles. The van der Waals surface area contributed by atoms with Crippen molar-refractivity contribution in [2.75, 3.05) is 18.5 Å².